The number of hydrogen-bond donors (Lipinski definition) is 1. The third kappa shape index (κ3) is 3.05. The Bertz CT molecular complexity index is 171. The molecule has 0 aliphatic carbocycles. The first-order valence-corrected chi connectivity index (χ1v) is 4.34. The number of nitrogens with one attached hydrogen (secondary N) is 1. The van der Waals surface area contributed by atoms with Gasteiger partial charge in [-0.15, -0.1) is 0 Å². The van der Waals surface area contributed by atoms with Gasteiger partial charge in [0.1, 0.15) is 0 Å². The largest absolute Gasteiger partial charge is 0.379 e. The van der Waals surface area contributed by atoms with Gasteiger partial charge in [-0.3, -0.25) is 4.79 Å². The molecule has 1 aliphatic heterocycles. The van der Waals surface area contributed by atoms with Gasteiger partial charge in [-0.25, -0.2) is 0 Å². The van der Waals surface area contributed by atoms with Crippen LogP contribution in [0.3, 0.4) is 0 Å². The molecule has 0 bridgehead atoms. The van der Waals surface area contributed by atoms with Crippen molar-refractivity contribution in [2.75, 3.05) is 13.2 Å². The van der Waals surface area contributed by atoms with E-state index in [0.29, 0.717) is 6.61 Å². The van der Waals surface area contributed by atoms with Crippen LogP contribution < -0.4 is 5.32 Å². The molecule has 12 heavy (non-hydrogen) atoms. The summed E-state index contributed by atoms with van der Waals surface area (Å²) in [5.41, 5.74) is 0. The SMILES string of the molecule is CC=CC(=O)NC1CCCOC1. The smallest absolute Gasteiger partial charge is 0.243 e. The van der Waals surface area contributed by atoms with E-state index < -0.39 is 0 Å². The van der Waals surface area contributed by atoms with Crippen LogP contribution >= 0.6 is 0 Å². The first-order chi connectivity index (χ1) is 5.83. The molecule has 0 radical (unpaired) electrons. The lowest BCUT2D eigenvalue weighted by atomic mass is 10.1. The zero-order valence-corrected chi connectivity index (χ0v) is 7.38. The third-order valence-electron chi connectivity index (χ3n) is 1.82. The fourth-order valence-electron chi connectivity index (χ4n) is 1.26. The van der Waals surface area contributed by atoms with E-state index in [1.807, 2.05) is 6.92 Å². The second-order valence-electron chi connectivity index (χ2n) is 2.92. The Hall–Kier alpha value is -0.830. The molecular formula is C9H15NO2. The molecule has 0 spiro atoms. The van der Waals surface area contributed by atoms with Crippen molar-refractivity contribution >= 4 is 5.91 Å². The lowest BCUT2D eigenvalue weighted by molar-refractivity contribution is -0.118. The van der Waals surface area contributed by atoms with E-state index in [1.165, 1.54) is 6.08 Å². The van der Waals surface area contributed by atoms with E-state index in [9.17, 15) is 4.79 Å². The quantitative estimate of drug-likeness (QED) is 0.622. The predicted octanol–water partition coefficient (Wildman–Crippen LogP) is 0.858. The van der Waals surface area contributed by atoms with Crippen LogP contribution in [0.1, 0.15) is 19.8 Å². The summed E-state index contributed by atoms with van der Waals surface area (Å²) in [6.07, 6.45) is 5.34. The third-order valence-corrected chi connectivity index (χ3v) is 1.82. The maximum Gasteiger partial charge on any atom is 0.243 e. The van der Waals surface area contributed by atoms with E-state index >= 15 is 0 Å². The van der Waals surface area contributed by atoms with Crippen molar-refractivity contribution in [1.29, 1.82) is 0 Å². The Morgan fingerprint density at radius 1 is 1.67 bits per heavy atom. The fraction of sp³-hybridized carbons (Fsp3) is 0.667. The Balaban J connectivity index is 2.24. The minimum atomic E-state index is -0.0204. The average molecular weight is 169 g/mol. The number of ether oxygens (including phenoxy) is 1. The standard InChI is InChI=1S/C9H15NO2/c1-2-4-9(11)10-8-5-3-6-12-7-8/h2,4,8H,3,5-7H2,1H3,(H,10,11). The Morgan fingerprint density at radius 2 is 2.50 bits per heavy atom. The van der Waals surface area contributed by atoms with Gasteiger partial charge in [-0.2, -0.15) is 0 Å². The lowest BCUT2D eigenvalue weighted by Gasteiger charge is -2.22. The zero-order chi connectivity index (χ0) is 8.81. The Labute approximate surface area is 72.8 Å². The first kappa shape index (κ1) is 9.26. The molecule has 1 atom stereocenters. The molecule has 0 aromatic carbocycles. The highest BCUT2D eigenvalue weighted by atomic mass is 16.5. The average Bonchev–Trinajstić information content (AvgIpc) is 2.06. The van der Waals surface area contributed by atoms with E-state index in [0.717, 1.165) is 19.4 Å². The monoisotopic (exact) mass is 169 g/mol. The van der Waals surface area contributed by atoms with Crippen molar-refractivity contribution in [1.82, 2.24) is 5.32 Å². The second-order valence-corrected chi connectivity index (χ2v) is 2.92. The van der Waals surface area contributed by atoms with Gasteiger partial charge < -0.3 is 10.1 Å². The van der Waals surface area contributed by atoms with Crippen LogP contribution in [-0.2, 0) is 9.53 Å². The first-order valence-electron chi connectivity index (χ1n) is 4.34. The van der Waals surface area contributed by atoms with Gasteiger partial charge in [0.25, 0.3) is 0 Å². The van der Waals surface area contributed by atoms with Crippen molar-refractivity contribution in [3.8, 4) is 0 Å². The molecule has 68 valence electrons. The summed E-state index contributed by atoms with van der Waals surface area (Å²) >= 11 is 0. The number of allylic oxidation sites excluding steroid dienone is 1. The highest BCUT2D eigenvalue weighted by molar-refractivity contribution is 5.87. The fourth-order valence-corrected chi connectivity index (χ4v) is 1.26. The van der Waals surface area contributed by atoms with Gasteiger partial charge in [0.15, 0.2) is 0 Å². The van der Waals surface area contributed by atoms with Crippen molar-refractivity contribution < 1.29 is 9.53 Å². The number of carbonyl (C=O) groups is 1. The van der Waals surface area contributed by atoms with Crippen LogP contribution in [0.2, 0.25) is 0 Å². The summed E-state index contributed by atoms with van der Waals surface area (Å²) in [5.74, 6) is -0.0204. The highest BCUT2D eigenvalue weighted by Crippen LogP contribution is 2.05. The lowest BCUT2D eigenvalue weighted by Crippen LogP contribution is -2.39. The molecule has 1 N–H and O–H groups in total. The molecule has 3 heteroatoms. The molecule has 1 amide bonds. The van der Waals surface area contributed by atoms with Gasteiger partial charge >= 0.3 is 0 Å². The maximum atomic E-state index is 11.1. The molecule has 1 aliphatic rings. The minimum absolute atomic E-state index is 0.0204. The van der Waals surface area contributed by atoms with Crippen LogP contribution in [-0.4, -0.2) is 25.2 Å². The summed E-state index contributed by atoms with van der Waals surface area (Å²) in [7, 11) is 0. The molecule has 0 aromatic heterocycles. The zero-order valence-electron chi connectivity index (χ0n) is 7.38. The maximum absolute atomic E-state index is 11.1. The van der Waals surface area contributed by atoms with E-state index in [-0.39, 0.29) is 11.9 Å². The molecule has 1 rings (SSSR count). The number of carbonyl (C=O) groups excluding carboxylic acids is 1. The summed E-state index contributed by atoms with van der Waals surface area (Å²) in [6.45, 7) is 3.32. The Morgan fingerprint density at radius 3 is 3.08 bits per heavy atom. The molecule has 0 aromatic rings. The van der Waals surface area contributed by atoms with Crippen LogP contribution in [0, 0.1) is 0 Å². The summed E-state index contributed by atoms with van der Waals surface area (Å²) < 4.78 is 5.22. The van der Waals surface area contributed by atoms with Crippen LogP contribution in [0.4, 0.5) is 0 Å². The van der Waals surface area contributed by atoms with Crippen molar-refractivity contribution in [3.05, 3.63) is 12.2 Å². The van der Waals surface area contributed by atoms with Crippen molar-refractivity contribution in [2.24, 2.45) is 0 Å². The minimum Gasteiger partial charge on any atom is -0.379 e. The van der Waals surface area contributed by atoms with Crippen LogP contribution in [0.15, 0.2) is 12.2 Å². The predicted molar refractivity (Wildman–Crippen MR) is 46.8 cm³/mol. The summed E-state index contributed by atoms with van der Waals surface area (Å²) in [4.78, 5) is 11.1. The van der Waals surface area contributed by atoms with Gasteiger partial charge in [0.2, 0.25) is 5.91 Å². The van der Waals surface area contributed by atoms with Gasteiger partial charge in [-0.05, 0) is 25.8 Å². The number of amides is 1. The number of rotatable bonds is 2. The van der Waals surface area contributed by atoms with Gasteiger partial charge in [-0.1, -0.05) is 6.08 Å². The van der Waals surface area contributed by atoms with E-state index in [4.69, 9.17) is 4.74 Å². The Kier molecular flexibility index (Phi) is 3.80. The molecule has 1 unspecified atom stereocenters. The number of hydrogen-bond acceptors (Lipinski definition) is 2. The molecule has 1 saturated heterocycles. The highest BCUT2D eigenvalue weighted by Gasteiger charge is 2.14. The van der Waals surface area contributed by atoms with Crippen LogP contribution in [0.5, 0.6) is 0 Å². The summed E-state index contributed by atoms with van der Waals surface area (Å²) in [6, 6.07) is 0.211. The summed E-state index contributed by atoms with van der Waals surface area (Å²) in [5, 5.41) is 2.87. The van der Waals surface area contributed by atoms with Crippen molar-refractivity contribution in [3.63, 3.8) is 0 Å². The molecule has 1 heterocycles. The normalized spacial score (nSPS) is 24.2. The van der Waals surface area contributed by atoms with E-state index in [2.05, 4.69) is 5.32 Å². The topological polar surface area (TPSA) is 38.3 Å². The molecule has 0 saturated carbocycles. The van der Waals surface area contributed by atoms with Crippen LogP contribution in [0.25, 0.3) is 0 Å². The van der Waals surface area contributed by atoms with Crippen molar-refractivity contribution in [2.45, 2.75) is 25.8 Å². The van der Waals surface area contributed by atoms with Gasteiger partial charge in [0.05, 0.1) is 12.6 Å². The second kappa shape index (κ2) is 4.93. The molecule has 3 nitrogen and oxygen atoms in total. The van der Waals surface area contributed by atoms with E-state index in [1.54, 1.807) is 6.08 Å². The van der Waals surface area contributed by atoms with Gasteiger partial charge in [0, 0.05) is 6.61 Å². The molecule has 1 fully saturated rings. The molecular weight excluding hydrogens is 154 g/mol.